The zero-order chi connectivity index (χ0) is 13.8. The van der Waals surface area contributed by atoms with Crippen molar-refractivity contribution in [3.63, 3.8) is 0 Å². The van der Waals surface area contributed by atoms with Crippen LogP contribution in [0.1, 0.15) is 30.1 Å². The van der Waals surface area contributed by atoms with Gasteiger partial charge in [-0.15, -0.1) is 12.4 Å². The molecule has 20 heavy (non-hydrogen) atoms. The van der Waals surface area contributed by atoms with Gasteiger partial charge >= 0.3 is 0 Å². The van der Waals surface area contributed by atoms with E-state index in [0.29, 0.717) is 21.5 Å². The summed E-state index contributed by atoms with van der Waals surface area (Å²) in [5.74, 6) is 0.307. The second-order valence-corrected chi connectivity index (χ2v) is 5.76. The molecule has 1 aliphatic heterocycles. The van der Waals surface area contributed by atoms with Crippen LogP contribution in [0.5, 0.6) is 0 Å². The molecule has 1 aliphatic rings. The van der Waals surface area contributed by atoms with Crippen molar-refractivity contribution in [2.24, 2.45) is 5.92 Å². The van der Waals surface area contributed by atoms with Crippen LogP contribution in [-0.4, -0.2) is 25.0 Å². The average Bonchev–Trinajstić information content (AvgIpc) is 2.42. The Morgan fingerprint density at radius 3 is 2.85 bits per heavy atom. The van der Waals surface area contributed by atoms with Gasteiger partial charge in [0.1, 0.15) is 0 Å². The van der Waals surface area contributed by atoms with E-state index in [9.17, 15) is 4.79 Å². The Morgan fingerprint density at radius 1 is 1.45 bits per heavy atom. The normalized spacial score (nSPS) is 19.9. The smallest absolute Gasteiger partial charge is 0.253 e. The molecular weight excluding hydrogens is 319 g/mol. The molecule has 1 saturated heterocycles. The van der Waals surface area contributed by atoms with Gasteiger partial charge in [-0.05, 0) is 50.9 Å². The Morgan fingerprint density at radius 2 is 2.20 bits per heavy atom. The maximum absolute atomic E-state index is 12.2. The van der Waals surface area contributed by atoms with Gasteiger partial charge in [0.2, 0.25) is 0 Å². The van der Waals surface area contributed by atoms with Crippen LogP contribution in [0.15, 0.2) is 18.2 Å². The topological polar surface area (TPSA) is 41.1 Å². The molecule has 0 aliphatic carbocycles. The van der Waals surface area contributed by atoms with E-state index in [2.05, 4.69) is 10.6 Å². The molecule has 2 atom stereocenters. The molecular formula is C14H19Cl3N2O. The van der Waals surface area contributed by atoms with Crippen LogP contribution in [0.3, 0.4) is 0 Å². The summed E-state index contributed by atoms with van der Waals surface area (Å²) in [6.07, 6.45) is 2.29. The fraction of sp³-hybridized carbons (Fsp3) is 0.500. The lowest BCUT2D eigenvalue weighted by Crippen LogP contribution is -2.44. The van der Waals surface area contributed by atoms with Crippen LogP contribution < -0.4 is 10.6 Å². The lowest BCUT2D eigenvalue weighted by molar-refractivity contribution is 0.0922. The van der Waals surface area contributed by atoms with Crippen molar-refractivity contribution in [2.45, 2.75) is 25.8 Å². The van der Waals surface area contributed by atoms with Gasteiger partial charge in [0.25, 0.3) is 5.91 Å². The number of halogens is 3. The highest BCUT2D eigenvalue weighted by atomic mass is 35.5. The zero-order valence-corrected chi connectivity index (χ0v) is 13.6. The third kappa shape index (κ3) is 4.26. The van der Waals surface area contributed by atoms with E-state index in [1.807, 2.05) is 6.92 Å². The Bertz CT molecular complexity index is 462. The number of carbonyl (C=O) groups is 1. The summed E-state index contributed by atoms with van der Waals surface area (Å²) in [6.45, 7) is 4.05. The molecule has 3 nitrogen and oxygen atoms in total. The first-order valence-corrected chi connectivity index (χ1v) is 7.30. The molecule has 1 aromatic carbocycles. The van der Waals surface area contributed by atoms with Crippen LogP contribution in [0.4, 0.5) is 0 Å². The molecule has 0 aromatic heterocycles. The SMILES string of the molecule is CC(NC(=O)c1cccc(Cl)c1Cl)C1CCCNC1.Cl. The predicted molar refractivity (Wildman–Crippen MR) is 86.2 cm³/mol. The highest BCUT2D eigenvalue weighted by molar-refractivity contribution is 6.43. The maximum Gasteiger partial charge on any atom is 0.253 e. The van der Waals surface area contributed by atoms with Crippen molar-refractivity contribution >= 4 is 41.5 Å². The molecule has 2 unspecified atom stereocenters. The molecule has 0 bridgehead atoms. The van der Waals surface area contributed by atoms with E-state index < -0.39 is 0 Å². The lowest BCUT2D eigenvalue weighted by atomic mass is 9.92. The molecule has 0 radical (unpaired) electrons. The lowest BCUT2D eigenvalue weighted by Gasteiger charge is -2.29. The Labute approximate surface area is 135 Å². The summed E-state index contributed by atoms with van der Waals surface area (Å²) in [5.41, 5.74) is 0.435. The van der Waals surface area contributed by atoms with E-state index in [-0.39, 0.29) is 24.4 Å². The molecule has 1 heterocycles. The predicted octanol–water partition coefficient (Wildman–Crippen LogP) is 3.53. The third-order valence-corrected chi connectivity index (χ3v) is 4.42. The summed E-state index contributed by atoms with van der Waals surface area (Å²) in [6, 6.07) is 5.22. The Hall–Kier alpha value is -0.480. The summed E-state index contributed by atoms with van der Waals surface area (Å²) in [4.78, 5) is 12.2. The second kappa shape index (κ2) is 8.08. The van der Waals surface area contributed by atoms with Gasteiger partial charge in [-0.2, -0.15) is 0 Å². The zero-order valence-electron chi connectivity index (χ0n) is 11.3. The summed E-state index contributed by atoms with van der Waals surface area (Å²) in [7, 11) is 0. The minimum Gasteiger partial charge on any atom is -0.349 e. The van der Waals surface area contributed by atoms with Gasteiger partial charge in [-0.25, -0.2) is 0 Å². The van der Waals surface area contributed by atoms with Gasteiger partial charge in [-0.1, -0.05) is 29.3 Å². The van der Waals surface area contributed by atoms with Crippen LogP contribution in [-0.2, 0) is 0 Å². The van der Waals surface area contributed by atoms with Crippen molar-refractivity contribution < 1.29 is 4.79 Å². The largest absolute Gasteiger partial charge is 0.349 e. The van der Waals surface area contributed by atoms with Crippen molar-refractivity contribution in [1.29, 1.82) is 0 Å². The molecule has 1 fully saturated rings. The van der Waals surface area contributed by atoms with Crippen molar-refractivity contribution in [2.75, 3.05) is 13.1 Å². The number of nitrogens with one attached hydrogen (secondary N) is 2. The van der Waals surface area contributed by atoms with Gasteiger partial charge < -0.3 is 10.6 Å². The van der Waals surface area contributed by atoms with Crippen LogP contribution >= 0.6 is 35.6 Å². The number of rotatable bonds is 3. The highest BCUT2D eigenvalue weighted by Gasteiger charge is 2.22. The number of carbonyl (C=O) groups excluding carboxylic acids is 1. The van der Waals surface area contributed by atoms with E-state index in [1.54, 1.807) is 18.2 Å². The van der Waals surface area contributed by atoms with E-state index in [1.165, 1.54) is 0 Å². The fourth-order valence-corrected chi connectivity index (χ4v) is 2.77. The Kier molecular flexibility index (Phi) is 7.10. The standard InChI is InChI=1S/C14H18Cl2N2O.ClH/c1-9(10-4-3-7-17-8-10)18-14(19)11-5-2-6-12(15)13(11)16;/h2,5-6,9-10,17H,3-4,7-8H2,1H3,(H,18,19);1H. The van der Waals surface area contributed by atoms with Gasteiger partial charge in [0, 0.05) is 6.04 Å². The first-order chi connectivity index (χ1) is 9.09. The summed E-state index contributed by atoms with van der Waals surface area (Å²) in [5, 5.41) is 7.08. The molecule has 0 spiro atoms. The van der Waals surface area contributed by atoms with Gasteiger partial charge in [0.15, 0.2) is 0 Å². The number of hydrogen-bond donors (Lipinski definition) is 2. The number of amides is 1. The monoisotopic (exact) mass is 336 g/mol. The highest BCUT2D eigenvalue weighted by Crippen LogP contribution is 2.25. The number of benzene rings is 1. The van der Waals surface area contributed by atoms with E-state index >= 15 is 0 Å². The van der Waals surface area contributed by atoms with Crippen molar-refractivity contribution in [3.8, 4) is 0 Å². The summed E-state index contributed by atoms with van der Waals surface area (Å²) < 4.78 is 0. The quantitative estimate of drug-likeness (QED) is 0.886. The molecule has 2 N–H and O–H groups in total. The second-order valence-electron chi connectivity index (χ2n) is 4.97. The van der Waals surface area contributed by atoms with Crippen LogP contribution in [0.2, 0.25) is 10.0 Å². The van der Waals surface area contributed by atoms with Crippen LogP contribution in [0, 0.1) is 5.92 Å². The fourth-order valence-electron chi connectivity index (χ4n) is 2.39. The van der Waals surface area contributed by atoms with E-state index in [4.69, 9.17) is 23.2 Å². The Balaban J connectivity index is 0.00000200. The number of hydrogen-bond acceptors (Lipinski definition) is 2. The molecule has 6 heteroatoms. The minimum absolute atomic E-state index is 0. The summed E-state index contributed by atoms with van der Waals surface area (Å²) >= 11 is 12.0. The minimum atomic E-state index is -0.162. The molecule has 2 rings (SSSR count). The van der Waals surface area contributed by atoms with Gasteiger partial charge in [-0.3, -0.25) is 4.79 Å². The van der Waals surface area contributed by atoms with E-state index in [0.717, 1.165) is 25.9 Å². The first-order valence-electron chi connectivity index (χ1n) is 6.55. The molecule has 1 amide bonds. The van der Waals surface area contributed by atoms with Gasteiger partial charge in [0.05, 0.1) is 15.6 Å². The van der Waals surface area contributed by atoms with Crippen molar-refractivity contribution in [3.05, 3.63) is 33.8 Å². The molecule has 0 saturated carbocycles. The third-order valence-electron chi connectivity index (χ3n) is 3.60. The number of piperidine rings is 1. The first kappa shape index (κ1) is 17.6. The maximum atomic E-state index is 12.2. The van der Waals surface area contributed by atoms with Crippen LogP contribution in [0.25, 0.3) is 0 Å². The average molecular weight is 338 g/mol. The molecule has 1 aromatic rings. The molecule has 112 valence electrons. The van der Waals surface area contributed by atoms with Crippen molar-refractivity contribution in [1.82, 2.24) is 10.6 Å².